The van der Waals surface area contributed by atoms with Crippen molar-refractivity contribution in [2.24, 2.45) is 0 Å². The van der Waals surface area contributed by atoms with Crippen molar-refractivity contribution in [1.82, 2.24) is 9.78 Å². The minimum atomic E-state index is -0.654. The van der Waals surface area contributed by atoms with Crippen molar-refractivity contribution in [1.29, 1.82) is 0 Å². The van der Waals surface area contributed by atoms with Gasteiger partial charge < -0.3 is 19.5 Å². The van der Waals surface area contributed by atoms with Crippen LogP contribution in [0.4, 0.5) is 5.69 Å². The fourth-order valence-electron chi connectivity index (χ4n) is 3.11. The largest absolute Gasteiger partial charge is 0.471 e. The number of benzene rings is 2. The van der Waals surface area contributed by atoms with E-state index >= 15 is 0 Å². The van der Waals surface area contributed by atoms with Crippen LogP contribution in [-0.2, 0) is 21.6 Å². The van der Waals surface area contributed by atoms with E-state index < -0.39 is 17.8 Å². The van der Waals surface area contributed by atoms with Crippen molar-refractivity contribution in [3.63, 3.8) is 0 Å². The predicted molar refractivity (Wildman–Crippen MR) is 125 cm³/mol. The molecule has 1 aromatic heterocycles. The first-order chi connectivity index (χ1) is 16.1. The van der Waals surface area contributed by atoms with Crippen LogP contribution < -0.4 is 10.1 Å². The fraction of sp³-hybridized carbons (Fsp3) is 0.280. The molecular weight excluding hydrogens is 438 g/mol. The summed E-state index contributed by atoms with van der Waals surface area (Å²) in [6, 6.07) is 13.5. The number of rotatable bonds is 7. The summed E-state index contributed by atoms with van der Waals surface area (Å²) in [6.45, 7) is 6.54. The first-order valence-electron chi connectivity index (χ1n) is 10.5. The van der Waals surface area contributed by atoms with Crippen molar-refractivity contribution in [2.45, 2.75) is 32.9 Å². The Morgan fingerprint density at radius 3 is 2.03 bits per heavy atom. The Morgan fingerprint density at radius 1 is 0.912 bits per heavy atom. The van der Waals surface area contributed by atoms with E-state index in [1.165, 1.54) is 48.7 Å². The number of nitrogens with one attached hydrogen (secondary N) is 1. The lowest BCUT2D eigenvalue weighted by Gasteiger charge is -2.19. The molecule has 0 spiro atoms. The van der Waals surface area contributed by atoms with Crippen molar-refractivity contribution in [3.05, 3.63) is 77.1 Å². The van der Waals surface area contributed by atoms with Gasteiger partial charge in [-0.05, 0) is 47.4 Å². The van der Waals surface area contributed by atoms with E-state index in [1.54, 1.807) is 6.20 Å². The van der Waals surface area contributed by atoms with Gasteiger partial charge in [0.1, 0.15) is 5.75 Å². The SMILES string of the molecule is COC(=O)c1cc(NC(=O)c2ccn(COc3ccc(C(C)(C)C)cc3)n2)cc(C(=O)OC)c1. The van der Waals surface area contributed by atoms with Crippen LogP contribution in [0.2, 0.25) is 0 Å². The molecule has 1 heterocycles. The second-order valence-electron chi connectivity index (χ2n) is 8.52. The maximum atomic E-state index is 12.7. The summed E-state index contributed by atoms with van der Waals surface area (Å²) in [6.07, 6.45) is 1.61. The molecule has 2 aromatic carbocycles. The molecule has 1 N–H and O–H groups in total. The van der Waals surface area contributed by atoms with Crippen molar-refractivity contribution in [2.75, 3.05) is 19.5 Å². The van der Waals surface area contributed by atoms with Crippen LogP contribution in [0.15, 0.2) is 54.7 Å². The third kappa shape index (κ3) is 6.00. The van der Waals surface area contributed by atoms with Gasteiger partial charge in [-0.1, -0.05) is 32.9 Å². The molecule has 0 saturated heterocycles. The van der Waals surface area contributed by atoms with Crippen LogP contribution in [0.25, 0.3) is 0 Å². The predicted octanol–water partition coefficient (Wildman–Crippen LogP) is 4.04. The molecule has 0 unspecified atom stereocenters. The number of ether oxygens (including phenoxy) is 3. The van der Waals surface area contributed by atoms with Gasteiger partial charge in [0, 0.05) is 11.9 Å². The van der Waals surface area contributed by atoms with Crippen LogP contribution in [0.1, 0.15) is 57.5 Å². The molecule has 0 aliphatic carbocycles. The molecule has 0 atom stereocenters. The Kier molecular flexibility index (Phi) is 7.35. The highest BCUT2D eigenvalue weighted by Gasteiger charge is 2.17. The third-order valence-electron chi connectivity index (χ3n) is 4.99. The van der Waals surface area contributed by atoms with Gasteiger partial charge in [0.05, 0.1) is 25.3 Å². The van der Waals surface area contributed by atoms with Crippen molar-refractivity contribution < 1.29 is 28.6 Å². The summed E-state index contributed by atoms with van der Waals surface area (Å²) >= 11 is 0. The van der Waals surface area contributed by atoms with E-state index in [2.05, 4.69) is 31.2 Å². The Bertz CT molecular complexity index is 1160. The Hall–Kier alpha value is -4.14. The molecule has 9 heteroatoms. The number of methoxy groups -OCH3 is 2. The quantitative estimate of drug-likeness (QED) is 0.525. The summed E-state index contributed by atoms with van der Waals surface area (Å²) < 4.78 is 16.6. The van der Waals surface area contributed by atoms with Crippen LogP contribution in [0.3, 0.4) is 0 Å². The summed E-state index contributed by atoms with van der Waals surface area (Å²) in [5.74, 6) is -1.15. The van der Waals surface area contributed by atoms with Crippen molar-refractivity contribution >= 4 is 23.5 Å². The summed E-state index contributed by atoms with van der Waals surface area (Å²) in [4.78, 5) is 36.5. The molecule has 3 aromatic rings. The zero-order valence-electron chi connectivity index (χ0n) is 19.7. The lowest BCUT2D eigenvalue weighted by Crippen LogP contribution is -2.16. The van der Waals surface area contributed by atoms with Crippen LogP contribution in [0.5, 0.6) is 5.75 Å². The van der Waals surface area contributed by atoms with E-state index in [0.717, 1.165) is 0 Å². The summed E-state index contributed by atoms with van der Waals surface area (Å²) in [5.41, 5.74) is 1.79. The topological polar surface area (TPSA) is 109 Å². The maximum absolute atomic E-state index is 12.7. The monoisotopic (exact) mass is 465 g/mol. The van der Waals surface area contributed by atoms with E-state index in [0.29, 0.717) is 5.75 Å². The zero-order valence-corrected chi connectivity index (χ0v) is 19.7. The van der Waals surface area contributed by atoms with Crippen LogP contribution in [-0.4, -0.2) is 41.8 Å². The molecular formula is C25H27N3O6. The maximum Gasteiger partial charge on any atom is 0.337 e. The number of hydrogen-bond donors (Lipinski definition) is 1. The highest BCUT2D eigenvalue weighted by Crippen LogP contribution is 2.24. The summed E-state index contributed by atoms with van der Waals surface area (Å²) in [5, 5.41) is 6.86. The average Bonchev–Trinajstić information content (AvgIpc) is 3.30. The average molecular weight is 466 g/mol. The second kappa shape index (κ2) is 10.2. The Labute approximate surface area is 197 Å². The molecule has 0 radical (unpaired) electrons. The number of nitrogens with zero attached hydrogens (tertiary/aromatic N) is 2. The minimum Gasteiger partial charge on any atom is -0.471 e. The van der Waals surface area contributed by atoms with Gasteiger partial charge in [-0.25, -0.2) is 14.3 Å². The molecule has 0 bridgehead atoms. The van der Waals surface area contributed by atoms with Gasteiger partial charge in [-0.3, -0.25) is 4.79 Å². The number of aromatic nitrogens is 2. The molecule has 0 fully saturated rings. The number of amides is 1. The lowest BCUT2D eigenvalue weighted by molar-refractivity contribution is 0.0599. The number of esters is 2. The van der Waals surface area contributed by atoms with Gasteiger partial charge in [-0.2, -0.15) is 5.10 Å². The molecule has 9 nitrogen and oxygen atoms in total. The van der Waals surface area contributed by atoms with Crippen LogP contribution in [0, 0.1) is 0 Å². The fourth-order valence-corrected chi connectivity index (χ4v) is 3.11. The number of anilines is 1. The van der Waals surface area contributed by atoms with Crippen molar-refractivity contribution in [3.8, 4) is 5.75 Å². The van der Waals surface area contributed by atoms with Gasteiger partial charge in [0.2, 0.25) is 0 Å². The smallest absolute Gasteiger partial charge is 0.337 e. The zero-order chi connectivity index (χ0) is 24.9. The van der Waals surface area contributed by atoms with Gasteiger partial charge in [0.25, 0.3) is 5.91 Å². The number of carbonyl (C=O) groups is 3. The second-order valence-corrected chi connectivity index (χ2v) is 8.52. The highest BCUT2D eigenvalue weighted by atomic mass is 16.5. The molecule has 3 rings (SSSR count). The molecule has 0 aliphatic heterocycles. The van der Waals surface area contributed by atoms with E-state index in [-0.39, 0.29) is 34.7 Å². The third-order valence-corrected chi connectivity index (χ3v) is 4.99. The number of hydrogen-bond acceptors (Lipinski definition) is 7. The Balaban J connectivity index is 1.68. The molecule has 178 valence electrons. The van der Waals surface area contributed by atoms with Gasteiger partial charge >= 0.3 is 11.9 Å². The minimum absolute atomic E-state index is 0.0523. The summed E-state index contributed by atoms with van der Waals surface area (Å²) in [7, 11) is 2.44. The first kappa shape index (κ1) is 24.5. The normalized spacial score (nSPS) is 11.0. The lowest BCUT2D eigenvalue weighted by atomic mass is 9.87. The van der Waals surface area contributed by atoms with Crippen LogP contribution >= 0.6 is 0 Å². The first-order valence-corrected chi connectivity index (χ1v) is 10.5. The van der Waals surface area contributed by atoms with E-state index in [1.807, 2.05) is 24.3 Å². The molecule has 0 saturated carbocycles. The molecule has 34 heavy (non-hydrogen) atoms. The van der Waals surface area contributed by atoms with Gasteiger partial charge in [-0.15, -0.1) is 0 Å². The molecule has 0 aliphatic rings. The number of carbonyl (C=O) groups excluding carboxylic acids is 3. The standard InChI is InChI=1S/C25H27N3O6/c1-25(2,3)18-6-8-20(9-7-18)34-15-28-11-10-21(27-28)22(29)26-19-13-16(23(30)32-4)12-17(14-19)24(31)33-5/h6-14H,15H2,1-5H3,(H,26,29). The Morgan fingerprint density at radius 2 is 1.50 bits per heavy atom. The van der Waals surface area contributed by atoms with E-state index in [9.17, 15) is 14.4 Å². The van der Waals surface area contributed by atoms with E-state index in [4.69, 9.17) is 14.2 Å². The molecule has 1 amide bonds. The van der Waals surface area contributed by atoms with Gasteiger partial charge in [0.15, 0.2) is 12.4 Å². The highest BCUT2D eigenvalue weighted by molar-refractivity contribution is 6.04.